The molecule has 7 heteroatoms. The van der Waals surface area contributed by atoms with Gasteiger partial charge < -0.3 is 5.11 Å². The lowest BCUT2D eigenvalue weighted by Gasteiger charge is -2.34. The SMILES string of the molecule is Cc1nc2sc(C(c3cccs3)N3CCc4ccccc4C3)c(O)n2n1. The largest absolute Gasteiger partial charge is 0.492 e. The number of hydrogen-bond donors (Lipinski definition) is 1. The highest BCUT2D eigenvalue weighted by Crippen LogP contribution is 2.42. The molecule has 26 heavy (non-hydrogen) atoms. The van der Waals surface area contributed by atoms with Gasteiger partial charge in [-0.05, 0) is 35.9 Å². The minimum Gasteiger partial charge on any atom is -0.492 e. The number of aromatic nitrogens is 3. The summed E-state index contributed by atoms with van der Waals surface area (Å²) < 4.78 is 1.56. The van der Waals surface area contributed by atoms with Gasteiger partial charge in [-0.3, -0.25) is 4.90 Å². The molecule has 0 radical (unpaired) electrons. The molecule has 132 valence electrons. The molecule has 5 nitrogen and oxygen atoms in total. The number of benzene rings is 1. The monoisotopic (exact) mass is 382 g/mol. The van der Waals surface area contributed by atoms with Crippen LogP contribution >= 0.6 is 22.7 Å². The molecule has 3 aromatic heterocycles. The first-order valence-corrected chi connectivity index (χ1v) is 10.3. The number of thiophene rings is 1. The average Bonchev–Trinajstić information content (AvgIpc) is 3.36. The first kappa shape index (κ1) is 16.0. The minimum atomic E-state index is 0.0252. The van der Waals surface area contributed by atoms with E-state index in [-0.39, 0.29) is 11.9 Å². The Morgan fingerprint density at radius 1 is 1.15 bits per heavy atom. The number of fused-ring (bicyclic) bond motifs is 2. The van der Waals surface area contributed by atoms with Crippen molar-refractivity contribution in [1.29, 1.82) is 0 Å². The van der Waals surface area contributed by atoms with Crippen LogP contribution in [0.2, 0.25) is 0 Å². The predicted molar refractivity (Wildman–Crippen MR) is 104 cm³/mol. The average molecular weight is 383 g/mol. The molecule has 0 spiro atoms. The van der Waals surface area contributed by atoms with Gasteiger partial charge in [-0.15, -0.1) is 16.4 Å². The van der Waals surface area contributed by atoms with Gasteiger partial charge in [0.05, 0.1) is 10.9 Å². The summed E-state index contributed by atoms with van der Waals surface area (Å²) in [6.07, 6.45) is 1.03. The van der Waals surface area contributed by atoms with E-state index in [1.54, 1.807) is 15.9 Å². The maximum absolute atomic E-state index is 10.8. The summed E-state index contributed by atoms with van der Waals surface area (Å²) in [6.45, 7) is 3.69. The van der Waals surface area contributed by atoms with Crippen molar-refractivity contribution in [3.63, 3.8) is 0 Å². The molecule has 4 heterocycles. The van der Waals surface area contributed by atoms with Gasteiger partial charge in [0.1, 0.15) is 5.82 Å². The molecular weight excluding hydrogens is 364 g/mol. The molecule has 1 aliphatic rings. The first-order valence-electron chi connectivity index (χ1n) is 8.60. The van der Waals surface area contributed by atoms with E-state index in [1.165, 1.54) is 27.3 Å². The Morgan fingerprint density at radius 3 is 2.77 bits per heavy atom. The quantitative estimate of drug-likeness (QED) is 0.582. The Labute approximate surface area is 159 Å². The highest BCUT2D eigenvalue weighted by molar-refractivity contribution is 7.17. The lowest BCUT2D eigenvalue weighted by molar-refractivity contribution is 0.208. The molecule has 1 aromatic carbocycles. The maximum atomic E-state index is 10.8. The normalized spacial score (nSPS) is 16.0. The molecule has 4 aromatic rings. The van der Waals surface area contributed by atoms with Crippen LogP contribution in [0.1, 0.15) is 32.7 Å². The van der Waals surface area contributed by atoms with E-state index in [9.17, 15) is 5.11 Å². The van der Waals surface area contributed by atoms with Crippen molar-refractivity contribution in [1.82, 2.24) is 19.5 Å². The number of aryl methyl sites for hydroxylation is 1. The minimum absolute atomic E-state index is 0.0252. The van der Waals surface area contributed by atoms with Crippen LogP contribution in [0.5, 0.6) is 5.88 Å². The molecular formula is C19H18N4OS2. The number of thiazole rings is 1. The summed E-state index contributed by atoms with van der Waals surface area (Å²) in [7, 11) is 0. The van der Waals surface area contributed by atoms with E-state index in [0.29, 0.717) is 5.82 Å². The van der Waals surface area contributed by atoms with Crippen LogP contribution in [-0.4, -0.2) is 31.1 Å². The lowest BCUT2D eigenvalue weighted by Crippen LogP contribution is -2.34. The van der Waals surface area contributed by atoms with Crippen molar-refractivity contribution in [3.8, 4) is 5.88 Å². The molecule has 0 amide bonds. The highest BCUT2D eigenvalue weighted by Gasteiger charge is 2.32. The fourth-order valence-electron chi connectivity index (χ4n) is 3.69. The fourth-order valence-corrected chi connectivity index (χ4v) is 5.78. The zero-order valence-electron chi connectivity index (χ0n) is 14.3. The van der Waals surface area contributed by atoms with Crippen molar-refractivity contribution in [2.75, 3.05) is 6.54 Å². The zero-order chi connectivity index (χ0) is 17.7. The molecule has 1 atom stereocenters. The van der Waals surface area contributed by atoms with Crippen LogP contribution in [-0.2, 0) is 13.0 Å². The standard InChI is InChI=1S/C19H18N4OS2/c1-12-20-19-23(21-12)18(24)17(26-19)16(15-7-4-10-25-15)22-9-8-13-5-2-3-6-14(13)11-22/h2-7,10,16,24H,8-9,11H2,1H3. The second kappa shape index (κ2) is 6.19. The smallest absolute Gasteiger partial charge is 0.230 e. The maximum Gasteiger partial charge on any atom is 0.230 e. The Morgan fingerprint density at radius 2 is 2.00 bits per heavy atom. The van der Waals surface area contributed by atoms with Crippen LogP contribution in [0.15, 0.2) is 41.8 Å². The second-order valence-corrected chi connectivity index (χ2v) is 8.54. The van der Waals surface area contributed by atoms with E-state index in [0.717, 1.165) is 29.3 Å². The molecule has 0 bridgehead atoms. The third-order valence-corrected chi connectivity index (χ3v) is 6.89. The first-order chi connectivity index (χ1) is 12.7. The van der Waals surface area contributed by atoms with Crippen molar-refractivity contribution in [2.45, 2.75) is 25.9 Å². The fraction of sp³-hybridized carbons (Fsp3) is 0.263. The van der Waals surface area contributed by atoms with Crippen molar-refractivity contribution in [2.24, 2.45) is 0 Å². The summed E-state index contributed by atoms with van der Waals surface area (Å²) >= 11 is 3.26. The Hall–Kier alpha value is -2.22. The number of nitrogens with zero attached hydrogens (tertiary/aromatic N) is 4. The van der Waals surface area contributed by atoms with Gasteiger partial charge in [0.15, 0.2) is 0 Å². The van der Waals surface area contributed by atoms with Gasteiger partial charge in [-0.2, -0.15) is 4.52 Å². The van der Waals surface area contributed by atoms with E-state index < -0.39 is 0 Å². The van der Waals surface area contributed by atoms with Gasteiger partial charge in [0.2, 0.25) is 10.8 Å². The van der Waals surface area contributed by atoms with Gasteiger partial charge in [-0.1, -0.05) is 41.7 Å². The molecule has 0 aliphatic carbocycles. The van der Waals surface area contributed by atoms with Gasteiger partial charge in [-0.25, -0.2) is 4.98 Å². The van der Waals surface area contributed by atoms with Crippen LogP contribution in [0.25, 0.3) is 4.96 Å². The van der Waals surface area contributed by atoms with Crippen LogP contribution in [0.4, 0.5) is 0 Å². The Kier molecular flexibility index (Phi) is 3.81. The molecule has 0 saturated heterocycles. The molecule has 5 rings (SSSR count). The van der Waals surface area contributed by atoms with E-state index in [2.05, 4.69) is 56.8 Å². The highest BCUT2D eigenvalue weighted by atomic mass is 32.1. The molecule has 0 saturated carbocycles. The Balaban J connectivity index is 1.60. The van der Waals surface area contributed by atoms with E-state index in [1.807, 2.05) is 6.92 Å². The van der Waals surface area contributed by atoms with Gasteiger partial charge >= 0.3 is 0 Å². The zero-order valence-corrected chi connectivity index (χ0v) is 15.9. The molecule has 1 aliphatic heterocycles. The molecule has 1 unspecified atom stereocenters. The molecule has 1 N–H and O–H groups in total. The summed E-state index contributed by atoms with van der Waals surface area (Å²) in [5, 5.41) is 17.3. The number of rotatable bonds is 3. The van der Waals surface area contributed by atoms with Gasteiger partial charge in [0, 0.05) is 18.0 Å². The number of aromatic hydroxyl groups is 1. The second-order valence-electron chi connectivity index (χ2n) is 6.55. The predicted octanol–water partition coefficient (Wildman–Crippen LogP) is 4.01. The van der Waals surface area contributed by atoms with Crippen LogP contribution < -0.4 is 0 Å². The van der Waals surface area contributed by atoms with Crippen molar-refractivity contribution in [3.05, 3.63) is 68.5 Å². The summed E-state index contributed by atoms with van der Waals surface area (Å²) in [6, 6.07) is 12.9. The topological polar surface area (TPSA) is 53.7 Å². The third-order valence-electron chi connectivity index (χ3n) is 4.89. The third kappa shape index (κ3) is 2.55. The van der Waals surface area contributed by atoms with E-state index in [4.69, 9.17) is 0 Å². The van der Waals surface area contributed by atoms with Crippen LogP contribution in [0.3, 0.4) is 0 Å². The lowest BCUT2D eigenvalue weighted by atomic mass is 9.98. The molecule has 0 fully saturated rings. The van der Waals surface area contributed by atoms with Gasteiger partial charge in [0.25, 0.3) is 0 Å². The van der Waals surface area contributed by atoms with Crippen LogP contribution in [0, 0.1) is 6.92 Å². The number of hydrogen-bond acceptors (Lipinski definition) is 6. The summed E-state index contributed by atoms with van der Waals surface area (Å²) in [5.74, 6) is 0.889. The van der Waals surface area contributed by atoms with E-state index >= 15 is 0 Å². The Bertz CT molecular complexity index is 1070. The summed E-state index contributed by atoms with van der Waals surface area (Å²) in [5.41, 5.74) is 2.80. The summed E-state index contributed by atoms with van der Waals surface area (Å²) in [4.78, 5) is 9.78. The van der Waals surface area contributed by atoms with Crippen molar-refractivity contribution >= 4 is 27.6 Å². The van der Waals surface area contributed by atoms with Crippen molar-refractivity contribution < 1.29 is 5.11 Å².